The quantitative estimate of drug-likeness (QED) is 0.529. The molecule has 0 bridgehead atoms. The van der Waals surface area contributed by atoms with Crippen LogP contribution in [0.2, 0.25) is 0 Å². The Balaban J connectivity index is 1.30. The number of rotatable bonds is 7. The van der Waals surface area contributed by atoms with E-state index in [0.717, 1.165) is 34.9 Å². The molecule has 1 fully saturated rings. The molecule has 2 heterocycles. The molecule has 1 aliphatic heterocycles. The first-order valence-electron chi connectivity index (χ1n) is 10.8. The van der Waals surface area contributed by atoms with Crippen LogP contribution in [0.1, 0.15) is 29.5 Å². The van der Waals surface area contributed by atoms with Crippen molar-refractivity contribution in [1.82, 2.24) is 4.31 Å². The van der Waals surface area contributed by atoms with Gasteiger partial charge in [0.15, 0.2) is 6.61 Å². The first-order chi connectivity index (χ1) is 15.8. The van der Waals surface area contributed by atoms with Crippen LogP contribution >= 0.6 is 0 Å². The van der Waals surface area contributed by atoms with Crippen molar-refractivity contribution < 1.29 is 27.2 Å². The maximum Gasteiger partial charge on any atom is 0.310 e. The predicted molar refractivity (Wildman–Crippen MR) is 123 cm³/mol. The van der Waals surface area contributed by atoms with Crippen LogP contribution in [0, 0.1) is 13.8 Å². The highest BCUT2D eigenvalue weighted by atomic mass is 32.2. The Kier molecular flexibility index (Phi) is 6.53. The number of furan rings is 1. The summed E-state index contributed by atoms with van der Waals surface area (Å²) in [6.07, 6.45) is 3.26. The van der Waals surface area contributed by atoms with Gasteiger partial charge in [-0.1, -0.05) is 12.1 Å². The van der Waals surface area contributed by atoms with Gasteiger partial charge in [-0.05, 0) is 62.1 Å². The molecule has 9 heteroatoms. The average Bonchev–Trinajstić information content (AvgIpc) is 3.47. The van der Waals surface area contributed by atoms with E-state index in [1.165, 1.54) is 34.8 Å². The molecule has 1 aromatic heterocycles. The fraction of sp³-hybridized carbons (Fsp3) is 0.333. The van der Waals surface area contributed by atoms with Gasteiger partial charge in [-0.25, -0.2) is 8.42 Å². The summed E-state index contributed by atoms with van der Waals surface area (Å²) in [5, 5.41) is 3.46. The fourth-order valence-electron chi connectivity index (χ4n) is 3.86. The third kappa shape index (κ3) is 4.94. The van der Waals surface area contributed by atoms with E-state index in [-0.39, 0.29) is 11.3 Å². The second-order valence-corrected chi connectivity index (χ2v) is 10.1. The summed E-state index contributed by atoms with van der Waals surface area (Å²) >= 11 is 0. The minimum atomic E-state index is -3.51. The molecule has 0 spiro atoms. The van der Waals surface area contributed by atoms with Crippen molar-refractivity contribution in [1.29, 1.82) is 0 Å². The van der Waals surface area contributed by atoms with Gasteiger partial charge in [0.2, 0.25) is 10.0 Å². The zero-order valence-electron chi connectivity index (χ0n) is 18.6. The van der Waals surface area contributed by atoms with E-state index in [9.17, 15) is 18.0 Å². The van der Waals surface area contributed by atoms with Crippen LogP contribution in [0.25, 0.3) is 11.0 Å². The van der Waals surface area contributed by atoms with Crippen molar-refractivity contribution in [3.63, 3.8) is 0 Å². The number of benzene rings is 2. The maximum atomic E-state index is 12.6. The number of esters is 1. The van der Waals surface area contributed by atoms with E-state index >= 15 is 0 Å². The van der Waals surface area contributed by atoms with Crippen molar-refractivity contribution in [2.24, 2.45) is 0 Å². The van der Waals surface area contributed by atoms with Gasteiger partial charge in [-0.2, -0.15) is 4.31 Å². The van der Waals surface area contributed by atoms with Crippen LogP contribution in [-0.2, 0) is 30.8 Å². The molecule has 0 aliphatic carbocycles. The number of carbonyl (C=O) groups excluding carboxylic acids is 2. The number of fused-ring (bicyclic) bond motifs is 1. The zero-order chi connectivity index (χ0) is 23.6. The van der Waals surface area contributed by atoms with E-state index < -0.39 is 28.5 Å². The number of hydrogen-bond acceptors (Lipinski definition) is 6. The Morgan fingerprint density at radius 3 is 2.45 bits per heavy atom. The van der Waals surface area contributed by atoms with E-state index in [1.54, 1.807) is 0 Å². The minimum absolute atomic E-state index is 0.00810. The molecule has 1 amide bonds. The molecular formula is C24H26N2O6S. The van der Waals surface area contributed by atoms with Crippen LogP contribution in [0.3, 0.4) is 0 Å². The first-order valence-corrected chi connectivity index (χ1v) is 12.2. The van der Waals surface area contributed by atoms with Crippen molar-refractivity contribution in [3.8, 4) is 0 Å². The minimum Gasteiger partial charge on any atom is -0.464 e. The maximum absolute atomic E-state index is 12.6. The van der Waals surface area contributed by atoms with E-state index in [1.807, 2.05) is 26.0 Å². The number of nitrogens with zero attached hydrogens (tertiary/aromatic N) is 1. The van der Waals surface area contributed by atoms with Gasteiger partial charge < -0.3 is 14.5 Å². The highest BCUT2D eigenvalue weighted by Gasteiger charge is 2.27. The van der Waals surface area contributed by atoms with Gasteiger partial charge in [0.25, 0.3) is 5.91 Å². The van der Waals surface area contributed by atoms with Crippen LogP contribution in [-0.4, -0.2) is 44.3 Å². The summed E-state index contributed by atoms with van der Waals surface area (Å²) in [5.41, 5.74) is 3.98. The van der Waals surface area contributed by atoms with Crippen LogP contribution in [0.15, 0.2) is 52.0 Å². The normalized spacial score (nSPS) is 14.5. The number of sulfonamides is 1. The summed E-state index contributed by atoms with van der Waals surface area (Å²) in [7, 11) is -3.51. The van der Waals surface area contributed by atoms with Crippen molar-refractivity contribution in [2.75, 3.05) is 25.0 Å². The number of carbonyl (C=O) groups is 2. The molecule has 0 unspecified atom stereocenters. The second kappa shape index (κ2) is 9.36. The largest absolute Gasteiger partial charge is 0.464 e. The van der Waals surface area contributed by atoms with E-state index in [2.05, 4.69) is 5.32 Å². The molecule has 4 rings (SSSR count). The third-order valence-electron chi connectivity index (χ3n) is 5.88. The lowest BCUT2D eigenvalue weighted by atomic mass is 10.0. The molecule has 1 N–H and O–H groups in total. The van der Waals surface area contributed by atoms with Crippen LogP contribution < -0.4 is 5.32 Å². The Hall–Kier alpha value is -3.17. The van der Waals surface area contributed by atoms with Gasteiger partial charge in [-0.3, -0.25) is 9.59 Å². The highest BCUT2D eigenvalue weighted by molar-refractivity contribution is 7.89. The Labute approximate surface area is 192 Å². The molecule has 1 aliphatic rings. The number of aryl methyl sites for hydroxylation is 2. The Morgan fingerprint density at radius 2 is 1.76 bits per heavy atom. The van der Waals surface area contributed by atoms with Crippen molar-refractivity contribution in [3.05, 3.63) is 59.4 Å². The van der Waals surface area contributed by atoms with E-state index in [0.29, 0.717) is 24.3 Å². The molecule has 3 aromatic rings. The Bertz CT molecular complexity index is 1290. The predicted octanol–water partition coefficient (Wildman–Crippen LogP) is 3.56. The lowest BCUT2D eigenvalue weighted by molar-refractivity contribution is -0.146. The van der Waals surface area contributed by atoms with Gasteiger partial charge in [0.05, 0.1) is 17.6 Å². The number of hydrogen-bond donors (Lipinski definition) is 1. The molecule has 0 atom stereocenters. The number of amides is 1. The molecule has 1 saturated heterocycles. The van der Waals surface area contributed by atoms with Crippen molar-refractivity contribution in [2.45, 2.75) is 38.0 Å². The Morgan fingerprint density at radius 1 is 1.06 bits per heavy atom. The molecule has 0 saturated carbocycles. The molecular weight excluding hydrogens is 444 g/mol. The van der Waals surface area contributed by atoms with Crippen LogP contribution in [0.4, 0.5) is 5.69 Å². The average molecular weight is 471 g/mol. The van der Waals surface area contributed by atoms with Gasteiger partial charge in [0, 0.05) is 29.7 Å². The smallest absolute Gasteiger partial charge is 0.310 e. The summed E-state index contributed by atoms with van der Waals surface area (Å²) in [6, 6.07) is 9.84. The molecule has 33 heavy (non-hydrogen) atoms. The van der Waals surface area contributed by atoms with Gasteiger partial charge in [-0.15, -0.1) is 0 Å². The number of nitrogens with one attached hydrogen (secondary N) is 1. The topological polar surface area (TPSA) is 106 Å². The zero-order valence-corrected chi connectivity index (χ0v) is 19.4. The first kappa shape index (κ1) is 23.0. The monoisotopic (exact) mass is 470 g/mol. The summed E-state index contributed by atoms with van der Waals surface area (Å²) in [6.45, 7) is 4.56. The van der Waals surface area contributed by atoms with Gasteiger partial charge in [0.1, 0.15) is 5.58 Å². The summed E-state index contributed by atoms with van der Waals surface area (Å²) < 4.78 is 37.3. The summed E-state index contributed by atoms with van der Waals surface area (Å²) in [4.78, 5) is 24.6. The highest BCUT2D eigenvalue weighted by Crippen LogP contribution is 2.27. The van der Waals surface area contributed by atoms with Crippen molar-refractivity contribution >= 4 is 38.6 Å². The summed E-state index contributed by atoms with van der Waals surface area (Å²) in [5.74, 6) is -1.06. The van der Waals surface area contributed by atoms with E-state index in [4.69, 9.17) is 9.15 Å². The van der Waals surface area contributed by atoms with Gasteiger partial charge >= 0.3 is 5.97 Å². The number of anilines is 1. The molecule has 2 aromatic carbocycles. The SMILES string of the molecule is Cc1ccc2c(CC(=O)OCC(=O)Nc3ccc(S(=O)(=O)N4CCCC4)cc3)coc2c1C. The standard InChI is InChI=1S/C24H26N2O6S/c1-16-5-10-21-18(14-32-24(21)17(16)2)13-23(28)31-15-22(27)25-19-6-8-20(9-7-19)33(29,30)26-11-3-4-12-26/h5-10,14H,3-4,11-13,15H2,1-2H3,(H,25,27). The lowest BCUT2D eigenvalue weighted by Gasteiger charge is -2.15. The number of ether oxygens (including phenoxy) is 1. The lowest BCUT2D eigenvalue weighted by Crippen LogP contribution is -2.27. The second-order valence-electron chi connectivity index (χ2n) is 8.17. The fourth-order valence-corrected chi connectivity index (χ4v) is 5.38. The van der Waals surface area contributed by atoms with Crippen LogP contribution in [0.5, 0.6) is 0 Å². The molecule has 174 valence electrons. The molecule has 0 radical (unpaired) electrons. The molecule has 8 nitrogen and oxygen atoms in total. The third-order valence-corrected chi connectivity index (χ3v) is 7.79.